The quantitative estimate of drug-likeness (QED) is 0.615. The molecule has 1 aromatic carbocycles. The molecule has 0 radical (unpaired) electrons. The van der Waals surface area contributed by atoms with Crippen LogP contribution in [0.5, 0.6) is 0 Å². The van der Waals surface area contributed by atoms with Crippen molar-refractivity contribution < 1.29 is 9.53 Å². The van der Waals surface area contributed by atoms with E-state index in [0.29, 0.717) is 5.75 Å². The molecular formula is C15H22BrNO2S. The van der Waals surface area contributed by atoms with Gasteiger partial charge in [0.05, 0.1) is 5.75 Å². The Bertz CT molecular complexity index is 458. The van der Waals surface area contributed by atoms with E-state index in [4.69, 9.17) is 4.74 Å². The number of benzene rings is 1. The Labute approximate surface area is 134 Å². The summed E-state index contributed by atoms with van der Waals surface area (Å²) < 4.78 is 6.31. The van der Waals surface area contributed by atoms with Gasteiger partial charge < -0.3 is 10.1 Å². The van der Waals surface area contributed by atoms with Crippen LogP contribution in [0.2, 0.25) is 0 Å². The van der Waals surface area contributed by atoms with Crippen molar-refractivity contribution in [2.45, 2.75) is 44.7 Å². The smallest absolute Gasteiger partial charge is 0.316 e. The number of carbonyl (C=O) groups excluding carboxylic acids is 1. The number of hydrogen-bond donors (Lipinski definition) is 1. The van der Waals surface area contributed by atoms with Crippen molar-refractivity contribution in [3.8, 4) is 0 Å². The van der Waals surface area contributed by atoms with Crippen LogP contribution in [0.25, 0.3) is 0 Å². The second-order valence-corrected chi connectivity index (χ2v) is 7.29. The van der Waals surface area contributed by atoms with Gasteiger partial charge in [-0.15, -0.1) is 11.8 Å². The molecule has 1 N–H and O–H groups in total. The van der Waals surface area contributed by atoms with Crippen LogP contribution in [0.4, 0.5) is 0 Å². The van der Waals surface area contributed by atoms with Gasteiger partial charge in [-0.05, 0) is 60.9 Å². The van der Waals surface area contributed by atoms with E-state index >= 15 is 0 Å². The van der Waals surface area contributed by atoms with E-state index in [1.807, 2.05) is 26.8 Å². The largest absolute Gasteiger partial charge is 0.459 e. The Balaban J connectivity index is 2.54. The van der Waals surface area contributed by atoms with Gasteiger partial charge in [-0.2, -0.15) is 0 Å². The highest BCUT2D eigenvalue weighted by atomic mass is 79.9. The van der Waals surface area contributed by atoms with E-state index in [0.717, 1.165) is 22.5 Å². The Kier molecular flexibility index (Phi) is 7.06. The van der Waals surface area contributed by atoms with Gasteiger partial charge in [-0.1, -0.05) is 13.0 Å². The minimum Gasteiger partial charge on any atom is -0.459 e. The third-order valence-electron chi connectivity index (χ3n) is 2.34. The van der Waals surface area contributed by atoms with Crippen LogP contribution in [-0.4, -0.2) is 23.9 Å². The van der Waals surface area contributed by atoms with Gasteiger partial charge in [0.2, 0.25) is 0 Å². The molecule has 20 heavy (non-hydrogen) atoms. The third-order valence-corrected chi connectivity index (χ3v) is 4.31. The second-order valence-electron chi connectivity index (χ2n) is 5.42. The van der Waals surface area contributed by atoms with E-state index in [2.05, 4.69) is 40.3 Å². The van der Waals surface area contributed by atoms with Crippen LogP contribution in [0, 0.1) is 0 Å². The SMILES string of the molecule is CCNCc1ccc(SCC(=O)OC(C)(C)C)c(Br)c1. The number of halogens is 1. The van der Waals surface area contributed by atoms with Crippen molar-refractivity contribution in [1.82, 2.24) is 5.32 Å². The predicted molar refractivity (Wildman–Crippen MR) is 88.1 cm³/mol. The van der Waals surface area contributed by atoms with Gasteiger partial charge in [0.15, 0.2) is 0 Å². The van der Waals surface area contributed by atoms with Crippen LogP contribution in [0.3, 0.4) is 0 Å². The maximum Gasteiger partial charge on any atom is 0.316 e. The zero-order valence-corrected chi connectivity index (χ0v) is 14.9. The van der Waals surface area contributed by atoms with Crippen LogP contribution in [-0.2, 0) is 16.1 Å². The molecule has 0 spiro atoms. The number of carbonyl (C=O) groups is 1. The molecule has 0 unspecified atom stereocenters. The van der Waals surface area contributed by atoms with Gasteiger partial charge >= 0.3 is 5.97 Å². The summed E-state index contributed by atoms with van der Waals surface area (Å²) in [6.07, 6.45) is 0. The Morgan fingerprint density at radius 1 is 1.40 bits per heavy atom. The molecule has 0 aromatic heterocycles. The summed E-state index contributed by atoms with van der Waals surface area (Å²) in [6, 6.07) is 6.19. The molecule has 0 saturated carbocycles. The van der Waals surface area contributed by atoms with Gasteiger partial charge in [0, 0.05) is 15.9 Å². The Morgan fingerprint density at radius 3 is 2.65 bits per heavy atom. The molecular weight excluding hydrogens is 338 g/mol. The number of nitrogens with one attached hydrogen (secondary N) is 1. The molecule has 0 aliphatic carbocycles. The fourth-order valence-corrected chi connectivity index (χ4v) is 3.01. The van der Waals surface area contributed by atoms with Crippen molar-refractivity contribution in [1.29, 1.82) is 0 Å². The zero-order valence-electron chi connectivity index (χ0n) is 12.5. The molecule has 0 amide bonds. The topological polar surface area (TPSA) is 38.3 Å². The van der Waals surface area contributed by atoms with Gasteiger partial charge in [0.1, 0.15) is 5.60 Å². The Hall–Kier alpha value is -0.520. The first-order valence-corrected chi connectivity index (χ1v) is 8.43. The van der Waals surface area contributed by atoms with Crippen LogP contribution in [0.1, 0.15) is 33.3 Å². The van der Waals surface area contributed by atoms with Crippen molar-refractivity contribution in [3.05, 3.63) is 28.2 Å². The number of thioether (sulfide) groups is 1. The lowest BCUT2D eigenvalue weighted by atomic mass is 10.2. The molecule has 0 saturated heterocycles. The summed E-state index contributed by atoms with van der Waals surface area (Å²) in [4.78, 5) is 12.7. The molecule has 3 nitrogen and oxygen atoms in total. The highest BCUT2D eigenvalue weighted by Gasteiger charge is 2.16. The molecule has 5 heteroatoms. The van der Waals surface area contributed by atoms with Crippen molar-refractivity contribution in [2.75, 3.05) is 12.3 Å². The van der Waals surface area contributed by atoms with Crippen molar-refractivity contribution in [2.24, 2.45) is 0 Å². The highest BCUT2D eigenvalue weighted by molar-refractivity contribution is 9.10. The average Bonchev–Trinajstić information content (AvgIpc) is 2.33. The van der Waals surface area contributed by atoms with E-state index in [1.165, 1.54) is 17.3 Å². The van der Waals surface area contributed by atoms with Crippen LogP contribution >= 0.6 is 27.7 Å². The molecule has 1 aromatic rings. The van der Waals surface area contributed by atoms with Crippen molar-refractivity contribution in [3.63, 3.8) is 0 Å². The molecule has 0 fully saturated rings. The summed E-state index contributed by atoms with van der Waals surface area (Å²) in [6.45, 7) is 9.52. The first-order valence-electron chi connectivity index (χ1n) is 6.65. The number of ether oxygens (including phenoxy) is 1. The molecule has 0 atom stereocenters. The maximum absolute atomic E-state index is 11.7. The molecule has 112 valence electrons. The lowest BCUT2D eigenvalue weighted by molar-refractivity contribution is -0.151. The molecule has 0 bridgehead atoms. The van der Waals surface area contributed by atoms with Gasteiger partial charge in [-0.3, -0.25) is 4.79 Å². The standard InChI is InChI=1S/C15H22BrNO2S/c1-5-17-9-11-6-7-13(12(16)8-11)20-10-14(18)19-15(2,3)4/h6-8,17H,5,9-10H2,1-4H3. The van der Waals surface area contributed by atoms with E-state index in [-0.39, 0.29) is 5.97 Å². The van der Waals surface area contributed by atoms with Crippen LogP contribution in [0.15, 0.2) is 27.6 Å². The van der Waals surface area contributed by atoms with E-state index in [1.54, 1.807) is 0 Å². The van der Waals surface area contributed by atoms with Crippen LogP contribution < -0.4 is 5.32 Å². The fourth-order valence-electron chi connectivity index (χ4n) is 1.55. The minimum absolute atomic E-state index is 0.189. The summed E-state index contributed by atoms with van der Waals surface area (Å²) in [5, 5.41) is 3.29. The predicted octanol–water partition coefficient (Wildman–Crippen LogP) is 3.99. The maximum atomic E-state index is 11.7. The highest BCUT2D eigenvalue weighted by Crippen LogP contribution is 2.28. The summed E-state index contributed by atoms with van der Waals surface area (Å²) >= 11 is 5.04. The summed E-state index contributed by atoms with van der Waals surface area (Å²) in [5.41, 5.74) is 0.797. The lowest BCUT2D eigenvalue weighted by Gasteiger charge is -2.19. The molecule has 0 aliphatic heterocycles. The average molecular weight is 360 g/mol. The van der Waals surface area contributed by atoms with Gasteiger partial charge in [-0.25, -0.2) is 0 Å². The van der Waals surface area contributed by atoms with E-state index in [9.17, 15) is 4.79 Å². The lowest BCUT2D eigenvalue weighted by Crippen LogP contribution is -2.24. The second kappa shape index (κ2) is 8.05. The van der Waals surface area contributed by atoms with Gasteiger partial charge in [0.25, 0.3) is 0 Å². The molecule has 0 heterocycles. The third kappa shape index (κ3) is 6.77. The fraction of sp³-hybridized carbons (Fsp3) is 0.533. The summed E-state index contributed by atoms with van der Waals surface area (Å²) in [5.74, 6) is 0.133. The monoisotopic (exact) mass is 359 g/mol. The molecule has 1 rings (SSSR count). The number of esters is 1. The Morgan fingerprint density at radius 2 is 2.10 bits per heavy atom. The van der Waals surface area contributed by atoms with Crippen molar-refractivity contribution >= 4 is 33.7 Å². The minimum atomic E-state index is -0.426. The number of hydrogen-bond acceptors (Lipinski definition) is 4. The zero-order chi connectivity index (χ0) is 15.2. The summed E-state index contributed by atoms with van der Waals surface area (Å²) in [7, 11) is 0. The first kappa shape index (κ1) is 17.5. The first-order chi connectivity index (χ1) is 9.31. The van der Waals surface area contributed by atoms with E-state index < -0.39 is 5.60 Å². The molecule has 0 aliphatic rings. The normalized spacial score (nSPS) is 11.4. The number of rotatable bonds is 6.